The first-order valence-electron chi connectivity index (χ1n) is 7.40. The average molecular weight is 356 g/mol. The van der Waals surface area contributed by atoms with E-state index in [1.807, 2.05) is 23.6 Å². The molecule has 0 saturated heterocycles. The highest BCUT2D eigenvalue weighted by Crippen LogP contribution is 2.34. The number of rotatable bonds is 5. The lowest BCUT2D eigenvalue weighted by molar-refractivity contribution is 0.0594. The number of ether oxygens (including phenoxy) is 3. The number of hydrogen-bond donors (Lipinski definition) is 0. The molecule has 0 spiro atoms. The van der Waals surface area contributed by atoms with Crippen LogP contribution in [0.15, 0.2) is 41.8 Å². The van der Waals surface area contributed by atoms with Gasteiger partial charge in [-0.05, 0) is 30.3 Å². The van der Waals surface area contributed by atoms with Crippen molar-refractivity contribution in [3.8, 4) is 33.5 Å². The average Bonchev–Trinajstić information content (AvgIpc) is 3.17. The highest BCUT2D eigenvalue weighted by atomic mass is 32.1. The normalized spacial score (nSPS) is 10.4. The molecule has 128 valence electrons. The monoisotopic (exact) mass is 356 g/mol. The van der Waals surface area contributed by atoms with Crippen LogP contribution in [0.5, 0.6) is 11.5 Å². The van der Waals surface area contributed by atoms with E-state index in [4.69, 9.17) is 14.2 Å². The van der Waals surface area contributed by atoms with Gasteiger partial charge in [0.25, 0.3) is 0 Å². The maximum atomic E-state index is 11.6. The summed E-state index contributed by atoms with van der Waals surface area (Å²) in [6.45, 7) is 0. The number of carbonyl (C=O) groups excluding carboxylic acids is 1. The van der Waals surface area contributed by atoms with Gasteiger partial charge in [-0.25, -0.2) is 14.8 Å². The molecule has 3 rings (SSSR count). The van der Waals surface area contributed by atoms with Crippen molar-refractivity contribution in [2.75, 3.05) is 21.3 Å². The number of thiazole rings is 1. The standard InChI is InChI=1S/C18H16N2O4S/c1-22-15-8-7-11(9-16(15)23-2)17-20-14(10-25-17)12-5-4-6-13(19-12)18(21)24-3/h4-10H,1-3H3. The van der Waals surface area contributed by atoms with Crippen molar-refractivity contribution in [1.82, 2.24) is 9.97 Å². The summed E-state index contributed by atoms with van der Waals surface area (Å²) in [4.78, 5) is 20.5. The molecule has 0 aliphatic carbocycles. The molecule has 0 aliphatic rings. The van der Waals surface area contributed by atoms with E-state index in [1.165, 1.54) is 18.4 Å². The molecule has 7 heteroatoms. The summed E-state index contributed by atoms with van der Waals surface area (Å²) < 4.78 is 15.3. The Morgan fingerprint density at radius 2 is 1.76 bits per heavy atom. The Labute approximate surface area is 149 Å². The zero-order valence-electron chi connectivity index (χ0n) is 14.0. The van der Waals surface area contributed by atoms with Crippen LogP contribution >= 0.6 is 11.3 Å². The van der Waals surface area contributed by atoms with Gasteiger partial charge in [-0.3, -0.25) is 0 Å². The van der Waals surface area contributed by atoms with Crippen LogP contribution in [0.3, 0.4) is 0 Å². The van der Waals surface area contributed by atoms with E-state index in [2.05, 4.69) is 9.97 Å². The van der Waals surface area contributed by atoms with Gasteiger partial charge in [0.05, 0.1) is 27.0 Å². The molecule has 3 aromatic rings. The third-order valence-electron chi connectivity index (χ3n) is 3.54. The summed E-state index contributed by atoms with van der Waals surface area (Å²) >= 11 is 1.49. The third-order valence-corrected chi connectivity index (χ3v) is 4.43. The second-order valence-corrected chi connectivity index (χ2v) is 5.87. The minimum Gasteiger partial charge on any atom is -0.493 e. The first-order chi connectivity index (χ1) is 12.2. The van der Waals surface area contributed by atoms with Gasteiger partial charge < -0.3 is 14.2 Å². The van der Waals surface area contributed by atoms with Gasteiger partial charge in [0.2, 0.25) is 0 Å². The molecule has 0 bridgehead atoms. The van der Waals surface area contributed by atoms with Gasteiger partial charge in [0.1, 0.15) is 16.4 Å². The zero-order chi connectivity index (χ0) is 17.8. The zero-order valence-corrected chi connectivity index (χ0v) is 14.8. The maximum absolute atomic E-state index is 11.6. The lowest BCUT2D eigenvalue weighted by Gasteiger charge is -2.08. The summed E-state index contributed by atoms with van der Waals surface area (Å²) in [5.41, 5.74) is 2.48. The second-order valence-electron chi connectivity index (χ2n) is 5.01. The number of nitrogens with zero attached hydrogens (tertiary/aromatic N) is 2. The quantitative estimate of drug-likeness (QED) is 0.650. The first-order valence-corrected chi connectivity index (χ1v) is 8.28. The van der Waals surface area contributed by atoms with Crippen molar-refractivity contribution in [3.63, 3.8) is 0 Å². The molecule has 0 N–H and O–H groups in total. The minimum atomic E-state index is -0.475. The smallest absolute Gasteiger partial charge is 0.356 e. The Hall–Kier alpha value is -2.93. The predicted molar refractivity (Wildman–Crippen MR) is 95.2 cm³/mol. The van der Waals surface area contributed by atoms with Crippen LogP contribution in [0, 0.1) is 0 Å². The highest BCUT2D eigenvalue weighted by molar-refractivity contribution is 7.13. The Morgan fingerprint density at radius 3 is 2.48 bits per heavy atom. The second kappa shape index (κ2) is 7.31. The number of hydrogen-bond acceptors (Lipinski definition) is 7. The molecule has 25 heavy (non-hydrogen) atoms. The van der Waals surface area contributed by atoms with Gasteiger partial charge in [-0.15, -0.1) is 11.3 Å². The molecule has 0 unspecified atom stereocenters. The Balaban J connectivity index is 1.94. The van der Waals surface area contributed by atoms with Gasteiger partial charge in [0, 0.05) is 10.9 Å². The Kier molecular flexibility index (Phi) is 4.95. The molecule has 2 aromatic heterocycles. The van der Waals surface area contributed by atoms with Crippen LogP contribution in [-0.2, 0) is 4.74 Å². The number of carbonyl (C=O) groups is 1. The minimum absolute atomic E-state index is 0.251. The van der Waals surface area contributed by atoms with Gasteiger partial charge in [-0.1, -0.05) is 6.07 Å². The largest absolute Gasteiger partial charge is 0.493 e. The van der Waals surface area contributed by atoms with E-state index in [0.29, 0.717) is 22.9 Å². The third kappa shape index (κ3) is 3.46. The number of esters is 1. The molecule has 0 radical (unpaired) electrons. The Bertz CT molecular complexity index is 908. The van der Waals surface area contributed by atoms with E-state index < -0.39 is 5.97 Å². The lowest BCUT2D eigenvalue weighted by atomic mass is 10.2. The van der Waals surface area contributed by atoms with E-state index in [9.17, 15) is 4.79 Å². The summed E-state index contributed by atoms with van der Waals surface area (Å²) in [5, 5.41) is 2.72. The topological polar surface area (TPSA) is 70.5 Å². The molecule has 0 saturated carbocycles. The van der Waals surface area contributed by atoms with E-state index in [0.717, 1.165) is 10.6 Å². The van der Waals surface area contributed by atoms with Crippen molar-refractivity contribution in [3.05, 3.63) is 47.5 Å². The molecule has 0 fully saturated rings. The van der Waals surface area contributed by atoms with Crippen LogP contribution in [-0.4, -0.2) is 37.3 Å². The molecular formula is C18H16N2O4S. The fourth-order valence-corrected chi connectivity index (χ4v) is 3.10. The first kappa shape index (κ1) is 16.9. The summed E-state index contributed by atoms with van der Waals surface area (Å²) in [7, 11) is 4.52. The molecular weight excluding hydrogens is 340 g/mol. The summed E-state index contributed by atoms with van der Waals surface area (Å²) in [5.74, 6) is 0.829. The molecule has 1 aromatic carbocycles. The number of aromatic nitrogens is 2. The van der Waals surface area contributed by atoms with Crippen LogP contribution in [0.1, 0.15) is 10.5 Å². The number of pyridine rings is 1. The maximum Gasteiger partial charge on any atom is 0.356 e. The van der Waals surface area contributed by atoms with Crippen molar-refractivity contribution in [2.45, 2.75) is 0 Å². The van der Waals surface area contributed by atoms with Crippen molar-refractivity contribution in [1.29, 1.82) is 0 Å². The number of methoxy groups -OCH3 is 3. The van der Waals surface area contributed by atoms with Crippen LogP contribution in [0.4, 0.5) is 0 Å². The van der Waals surface area contributed by atoms with Gasteiger partial charge >= 0.3 is 5.97 Å². The molecule has 6 nitrogen and oxygen atoms in total. The van der Waals surface area contributed by atoms with Crippen molar-refractivity contribution in [2.24, 2.45) is 0 Å². The van der Waals surface area contributed by atoms with Crippen molar-refractivity contribution >= 4 is 17.3 Å². The molecule has 0 amide bonds. The van der Waals surface area contributed by atoms with E-state index in [-0.39, 0.29) is 5.69 Å². The Morgan fingerprint density at radius 1 is 0.960 bits per heavy atom. The van der Waals surface area contributed by atoms with Crippen LogP contribution in [0.25, 0.3) is 22.0 Å². The fourth-order valence-electron chi connectivity index (χ4n) is 2.29. The van der Waals surface area contributed by atoms with Gasteiger partial charge in [0.15, 0.2) is 11.5 Å². The van der Waals surface area contributed by atoms with Crippen LogP contribution in [0.2, 0.25) is 0 Å². The van der Waals surface area contributed by atoms with Gasteiger partial charge in [-0.2, -0.15) is 0 Å². The van der Waals surface area contributed by atoms with Crippen molar-refractivity contribution < 1.29 is 19.0 Å². The SMILES string of the molecule is COC(=O)c1cccc(-c2csc(-c3ccc(OC)c(OC)c3)n2)n1. The van der Waals surface area contributed by atoms with E-state index in [1.54, 1.807) is 32.4 Å². The molecule has 2 heterocycles. The highest BCUT2D eigenvalue weighted by Gasteiger charge is 2.13. The molecule has 0 aliphatic heterocycles. The predicted octanol–water partition coefficient (Wildman–Crippen LogP) is 3.68. The lowest BCUT2D eigenvalue weighted by Crippen LogP contribution is -2.04. The van der Waals surface area contributed by atoms with E-state index >= 15 is 0 Å². The molecule has 0 atom stereocenters. The summed E-state index contributed by atoms with van der Waals surface area (Å²) in [6, 6.07) is 10.8. The summed E-state index contributed by atoms with van der Waals surface area (Å²) in [6.07, 6.45) is 0. The fraction of sp³-hybridized carbons (Fsp3) is 0.167. The number of benzene rings is 1. The van der Waals surface area contributed by atoms with Crippen LogP contribution < -0.4 is 9.47 Å².